The van der Waals surface area contributed by atoms with Crippen LogP contribution in [0.25, 0.3) is 0 Å². The monoisotopic (exact) mass is 524 g/mol. The second-order valence-electron chi connectivity index (χ2n) is 7.75. The fourth-order valence-corrected chi connectivity index (χ4v) is 4.01. The maximum absolute atomic E-state index is 13.1. The van der Waals surface area contributed by atoms with Gasteiger partial charge in [0.05, 0.1) is 6.54 Å². The van der Waals surface area contributed by atoms with Crippen molar-refractivity contribution >= 4 is 41.4 Å². The van der Waals surface area contributed by atoms with E-state index in [2.05, 4.69) is 25.8 Å². The maximum Gasteiger partial charge on any atom is 0.191 e. The van der Waals surface area contributed by atoms with Gasteiger partial charge in [0.1, 0.15) is 11.6 Å². The molecule has 0 saturated carbocycles. The van der Waals surface area contributed by atoms with Gasteiger partial charge in [0, 0.05) is 56.2 Å². The molecule has 2 N–H and O–H groups in total. The summed E-state index contributed by atoms with van der Waals surface area (Å²) in [7, 11) is 0. The molecular formula is C22H30FIN6. The topological polar surface area (TPSA) is 61.0 Å². The van der Waals surface area contributed by atoms with Crippen molar-refractivity contribution in [2.24, 2.45) is 10.7 Å². The number of anilines is 2. The summed E-state index contributed by atoms with van der Waals surface area (Å²) in [5.74, 6) is 1.43. The molecule has 0 spiro atoms. The SMILES string of the molecule is Cc1ccc(CN=C(N)N2CCN(c3ccc(F)cc3)CC2)c(N2CCCC2)n1.I. The Hall–Kier alpha value is -2.10. The van der Waals surface area contributed by atoms with Gasteiger partial charge >= 0.3 is 0 Å². The van der Waals surface area contributed by atoms with Crippen molar-refractivity contribution in [1.29, 1.82) is 0 Å². The molecule has 1 aromatic heterocycles. The number of aryl methyl sites for hydroxylation is 1. The molecule has 0 radical (unpaired) electrons. The van der Waals surface area contributed by atoms with Crippen LogP contribution in [0.2, 0.25) is 0 Å². The Kier molecular flexibility index (Phi) is 7.74. The highest BCUT2D eigenvalue weighted by atomic mass is 127. The van der Waals surface area contributed by atoms with Crippen LogP contribution >= 0.6 is 24.0 Å². The lowest BCUT2D eigenvalue weighted by molar-refractivity contribution is 0.380. The number of nitrogens with two attached hydrogens (primary N) is 1. The Morgan fingerprint density at radius 1 is 0.967 bits per heavy atom. The van der Waals surface area contributed by atoms with E-state index in [-0.39, 0.29) is 29.8 Å². The van der Waals surface area contributed by atoms with E-state index in [1.54, 1.807) is 0 Å². The van der Waals surface area contributed by atoms with Crippen molar-refractivity contribution in [3.05, 3.63) is 53.5 Å². The first-order chi connectivity index (χ1) is 14.1. The van der Waals surface area contributed by atoms with E-state index in [0.717, 1.165) is 62.0 Å². The Labute approximate surface area is 195 Å². The van der Waals surface area contributed by atoms with Crippen molar-refractivity contribution in [3.8, 4) is 0 Å². The van der Waals surface area contributed by atoms with Crippen LogP contribution in [0.3, 0.4) is 0 Å². The first-order valence-electron chi connectivity index (χ1n) is 10.4. The average Bonchev–Trinajstić information content (AvgIpc) is 3.28. The van der Waals surface area contributed by atoms with E-state index in [9.17, 15) is 4.39 Å². The van der Waals surface area contributed by atoms with Crippen LogP contribution in [-0.2, 0) is 6.54 Å². The molecule has 0 amide bonds. The number of aromatic nitrogens is 1. The molecular weight excluding hydrogens is 494 g/mol. The molecule has 1 aromatic carbocycles. The number of aliphatic imine (C=N–C) groups is 1. The molecule has 2 fully saturated rings. The predicted molar refractivity (Wildman–Crippen MR) is 131 cm³/mol. The van der Waals surface area contributed by atoms with Gasteiger partial charge < -0.3 is 20.4 Å². The van der Waals surface area contributed by atoms with Gasteiger partial charge in [0.2, 0.25) is 0 Å². The minimum absolute atomic E-state index is 0. The standard InChI is InChI=1S/C22H29FN6.HI/c1-17-4-5-18(21(26-17)28-10-2-3-11-28)16-25-22(24)29-14-12-27(13-15-29)20-8-6-19(23)7-9-20;/h4-9H,2-3,10-16H2,1H3,(H2,24,25);1H. The zero-order chi connectivity index (χ0) is 20.2. The second kappa shape index (κ2) is 10.3. The molecule has 30 heavy (non-hydrogen) atoms. The van der Waals surface area contributed by atoms with E-state index in [1.807, 2.05) is 25.1 Å². The highest BCUT2D eigenvalue weighted by molar-refractivity contribution is 14.0. The summed E-state index contributed by atoms with van der Waals surface area (Å²) in [5, 5.41) is 0. The molecule has 2 aliphatic rings. The molecule has 8 heteroatoms. The van der Waals surface area contributed by atoms with Gasteiger partial charge in [-0.1, -0.05) is 6.07 Å². The summed E-state index contributed by atoms with van der Waals surface area (Å²) in [6.07, 6.45) is 2.44. The third kappa shape index (κ3) is 5.33. The van der Waals surface area contributed by atoms with Crippen LogP contribution in [0.5, 0.6) is 0 Å². The minimum Gasteiger partial charge on any atom is -0.370 e. The molecule has 2 saturated heterocycles. The zero-order valence-corrected chi connectivity index (χ0v) is 19.8. The number of hydrogen-bond acceptors (Lipinski definition) is 4. The number of rotatable bonds is 4. The van der Waals surface area contributed by atoms with Gasteiger partial charge in [-0.15, -0.1) is 24.0 Å². The summed E-state index contributed by atoms with van der Waals surface area (Å²) < 4.78 is 13.1. The molecule has 2 aromatic rings. The van der Waals surface area contributed by atoms with Crippen LogP contribution in [0.15, 0.2) is 41.4 Å². The molecule has 0 unspecified atom stereocenters. The van der Waals surface area contributed by atoms with Crippen LogP contribution in [-0.4, -0.2) is 55.1 Å². The third-order valence-electron chi connectivity index (χ3n) is 5.71. The van der Waals surface area contributed by atoms with Crippen molar-refractivity contribution < 1.29 is 4.39 Å². The van der Waals surface area contributed by atoms with E-state index < -0.39 is 0 Å². The summed E-state index contributed by atoms with van der Waals surface area (Å²) in [5.41, 5.74) is 9.51. The number of pyridine rings is 1. The van der Waals surface area contributed by atoms with Crippen molar-refractivity contribution in [3.63, 3.8) is 0 Å². The lowest BCUT2D eigenvalue weighted by atomic mass is 10.2. The Morgan fingerprint density at radius 2 is 1.63 bits per heavy atom. The molecule has 162 valence electrons. The number of hydrogen-bond donors (Lipinski definition) is 1. The summed E-state index contributed by atoms with van der Waals surface area (Å²) in [4.78, 5) is 16.2. The lowest BCUT2D eigenvalue weighted by Gasteiger charge is -2.36. The lowest BCUT2D eigenvalue weighted by Crippen LogP contribution is -2.51. The molecule has 4 rings (SSSR count). The zero-order valence-electron chi connectivity index (χ0n) is 17.4. The number of piperazine rings is 1. The second-order valence-corrected chi connectivity index (χ2v) is 7.75. The van der Waals surface area contributed by atoms with Gasteiger partial charge in [-0.05, 0) is 50.1 Å². The number of halogens is 2. The number of guanidine groups is 1. The Bertz CT molecular complexity index is 858. The van der Waals surface area contributed by atoms with E-state index in [1.165, 1.54) is 25.0 Å². The Balaban J connectivity index is 0.00000256. The van der Waals surface area contributed by atoms with Gasteiger partial charge in [-0.3, -0.25) is 0 Å². The van der Waals surface area contributed by atoms with Crippen molar-refractivity contribution in [2.45, 2.75) is 26.3 Å². The molecule has 0 atom stereocenters. The fraction of sp³-hybridized carbons (Fsp3) is 0.455. The van der Waals surface area contributed by atoms with Crippen molar-refractivity contribution in [1.82, 2.24) is 9.88 Å². The number of benzene rings is 1. The van der Waals surface area contributed by atoms with Gasteiger partial charge in [0.15, 0.2) is 5.96 Å². The van der Waals surface area contributed by atoms with Crippen LogP contribution in [0, 0.1) is 12.7 Å². The quantitative estimate of drug-likeness (QED) is 0.378. The normalized spacial score (nSPS) is 17.3. The minimum atomic E-state index is -0.206. The molecule has 3 heterocycles. The van der Waals surface area contributed by atoms with Crippen molar-refractivity contribution in [2.75, 3.05) is 49.1 Å². The van der Waals surface area contributed by atoms with Crippen LogP contribution < -0.4 is 15.5 Å². The molecule has 6 nitrogen and oxygen atoms in total. The molecule has 0 bridgehead atoms. The van der Waals surface area contributed by atoms with E-state index in [0.29, 0.717) is 12.5 Å². The largest absolute Gasteiger partial charge is 0.370 e. The molecule has 2 aliphatic heterocycles. The van der Waals surface area contributed by atoms with Gasteiger partial charge in [-0.25, -0.2) is 14.4 Å². The summed E-state index contributed by atoms with van der Waals surface area (Å²) in [6.45, 7) is 7.99. The Morgan fingerprint density at radius 3 is 2.30 bits per heavy atom. The average molecular weight is 524 g/mol. The van der Waals surface area contributed by atoms with Crippen LogP contribution in [0.4, 0.5) is 15.9 Å². The number of nitrogens with zero attached hydrogens (tertiary/aromatic N) is 5. The molecule has 0 aliphatic carbocycles. The highest BCUT2D eigenvalue weighted by Gasteiger charge is 2.20. The van der Waals surface area contributed by atoms with E-state index in [4.69, 9.17) is 10.7 Å². The summed E-state index contributed by atoms with van der Waals surface area (Å²) >= 11 is 0. The summed E-state index contributed by atoms with van der Waals surface area (Å²) in [6, 6.07) is 10.8. The predicted octanol–water partition coefficient (Wildman–Crippen LogP) is 3.38. The third-order valence-corrected chi connectivity index (χ3v) is 5.71. The van der Waals surface area contributed by atoms with Gasteiger partial charge in [-0.2, -0.15) is 0 Å². The highest BCUT2D eigenvalue weighted by Crippen LogP contribution is 2.24. The van der Waals surface area contributed by atoms with Crippen LogP contribution in [0.1, 0.15) is 24.1 Å². The van der Waals surface area contributed by atoms with E-state index >= 15 is 0 Å². The first kappa shape index (κ1) is 22.6. The first-order valence-corrected chi connectivity index (χ1v) is 10.4. The van der Waals surface area contributed by atoms with Gasteiger partial charge in [0.25, 0.3) is 0 Å². The maximum atomic E-state index is 13.1. The fourth-order valence-electron chi connectivity index (χ4n) is 4.01. The smallest absolute Gasteiger partial charge is 0.191 e.